The van der Waals surface area contributed by atoms with Crippen molar-refractivity contribution in [3.63, 3.8) is 0 Å². The number of phosphoric acid groups is 3. The van der Waals surface area contributed by atoms with Gasteiger partial charge in [0.2, 0.25) is 11.3 Å². The highest BCUT2D eigenvalue weighted by atomic mass is 35.5. The number of H-pyrrole nitrogens is 1. The zero-order valence-corrected chi connectivity index (χ0v) is 51.6. The number of aromatic amines is 1. The van der Waals surface area contributed by atoms with Crippen molar-refractivity contribution >= 4 is 104 Å². The number of hydrogen-bond donors (Lipinski definition) is 6. The predicted molar refractivity (Wildman–Crippen MR) is 311 cm³/mol. The molecule has 1 fully saturated rings. The van der Waals surface area contributed by atoms with Gasteiger partial charge in [0.1, 0.15) is 29.8 Å². The number of nitrogens with zero attached hydrogens (tertiary/aromatic N) is 4. The fraction of sp³-hybridized carbons (Fsp3) is 0.415. The number of amides is 2. The Balaban J connectivity index is 1.01. The number of nitrogens with one attached hydrogen (secondary N) is 2. The van der Waals surface area contributed by atoms with Crippen LogP contribution in [0.1, 0.15) is 125 Å². The number of halogens is 4. The van der Waals surface area contributed by atoms with Gasteiger partial charge in [0.25, 0.3) is 11.5 Å². The molecule has 2 amide bonds. The first-order valence-electron chi connectivity index (χ1n) is 25.7. The molecule has 4 aliphatic rings. The number of phosphoric ester groups is 1. The maximum absolute atomic E-state index is 15.0. The topological polar surface area (TPSA) is 289 Å². The molecular weight excluding hydrogens is 1210 g/mol. The molecule has 1 saturated heterocycles. The lowest BCUT2D eigenvalue weighted by Crippen LogP contribution is -2.49. The Labute approximate surface area is 491 Å². The van der Waals surface area contributed by atoms with Crippen molar-refractivity contribution in [3.8, 4) is 23.3 Å². The summed E-state index contributed by atoms with van der Waals surface area (Å²) >= 11 is 28.3. The van der Waals surface area contributed by atoms with Gasteiger partial charge in [-0.15, -0.1) is 0 Å². The van der Waals surface area contributed by atoms with Crippen LogP contribution in [0.15, 0.2) is 52.2 Å². The molecule has 5 heterocycles. The molecule has 2 unspecified atom stereocenters. The lowest BCUT2D eigenvalue weighted by Gasteiger charge is -2.43. The van der Waals surface area contributed by atoms with Crippen LogP contribution < -0.4 is 41.4 Å². The number of benzene rings is 3. The third kappa shape index (κ3) is 13.2. The summed E-state index contributed by atoms with van der Waals surface area (Å²) in [6.07, 6.45) is 3.85. The zero-order chi connectivity index (χ0) is 60.3. The van der Waals surface area contributed by atoms with E-state index in [2.05, 4.69) is 124 Å². The Morgan fingerprint density at radius 2 is 1.57 bits per heavy atom. The van der Waals surface area contributed by atoms with E-state index in [1.165, 1.54) is 4.90 Å². The van der Waals surface area contributed by atoms with Gasteiger partial charge in [-0.3, -0.25) is 28.5 Å². The summed E-state index contributed by atoms with van der Waals surface area (Å²) < 4.78 is 62.7. The highest BCUT2D eigenvalue weighted by molar-refractivity contribution is 7.66. The van der Waals surface area contributed by atoms with Crippen molar-refractivity contribution in [2.45, 2.75) is 104 Å². The normalized spacial score (nSPS) is 19.2. The van der Waals surface area contributed by atoms with Gasteiger partial charge in [0, 0.05) is 91.4 Å². The lowest BCUT2D eigenvalue weighted by atomic mass is 9.83. The minimum atomic E-state index is -5.74. The van der Waals surface area contributed by atoms with Gasteiger partial charge in [-0.05, 0) is 90.2 Å². The van der Waals surface area contributed by atoms with Gasteiger partial charge in [-0.25, -0.2) is 23.1 Å². The molecular formula is C53H60Cl4N6O16P3+. The number of aromatic nitrogens is 2. The SMILES string of the molecule is CCN1c2cc3c(cc2C(C)=CC1(C)C)C(c1c(Cl)c(Cl)c(Cl)c(Cl)c1C(=O)N(C)CCCC(=O)NCC#Cc1cn([C@H]2CC[C@@H](COP(=O)(O)OP(=O)(O)OP(=O)(O)O)O2)c(=O)[nH]c1=O)=c1cc2c(cc1O3)=[N+](CC)C(C)(C)C=C2C. The minimum Gasteiger partial charge on any atom is -0.456 e. The van der Waals surface area contributed by atoms with E-state index in [1.54, 1.807) is 7.05 Å². The van der Waals surface area contributed by atoms with Crippen LogP contribution in [-0.4, -0.2) is 103 Å². The van der Waals surface area contributed by atoms with Crippen molar-refractivity contribution in [2.75, 3.05) is 44.7 Å². The van der Waals surface area contributed by atoms with Crippen LogP contribution in [0.5, 0.6) is 11.5 Å². The Hall–Kier alpha value is -4.88. The third-order valence-corrected chi connectivity index (χ3v) is 19.9. The summed E-state index contributed by atoms with van der Waals surface area (Å²) in [5.41, 5.74) is 3.90. The fourth-order valence-electron chi connectivity index (χ4n) is 10.9. The van der Waals surface area contributed by atoms with Crippen LogP contribution in [-0.2, 0) is 36.4 Å². The van der Waals surface area contributed by atoms with Crippen LogP contribution in [0.3, 0.4) is 0 Å². The average molecular weight is 1270 g/mol. The summed E-state index contributed by atoms with van der Waals surface area (Å²) in [5.74, 6) is 5.34. The monoisotopic (exact) mass is 1270 g/mol. The smallest absolute Gasteiger partial charge is 0.456 e. The quantitative estimate of drug-likeness (QED) is 0.0168. The van der Waals surface area contributed by atoms with E-state index in [1.807, 2.05) is 12.1 Å². The summed E-state index contributed by atoms with van der Waals surface area (Å²) in [4.78, 5) is 96.1. The molecule has 0 radical (unpaired) electrons. The zero-order valence-electron chi connectivity index (χ0n) is 45.9. The molecule has 4 aromatic rings. The van der Waals surface area contributed by atoms with E-state index in [4.69, 9.17) is 65.7 Å². The molecule has 4 atom stereocenters. The molecule has 440 valence electrons. The number of carbonyl (C=O) groups excluding carboxylic acids is 2. The first kappa shape index (κ1) is 63.1. The largest absolute Gasteiger partial charge is 0.490 e. The summed E-state index contributed by atoms with van der Waals surface area (Å²) in [6.45, 7) is 17.5. The molecule has 6 N–H and O–H groups in total. The van der Waals surface area contributed by atoms with E-state index < -0.39 is 65.5 Å². The Morgan fingerprint density at radius 3 is 2.24 bits per heavy atom. The number of hydrogen-bond acceptors (Lipinski definition) is 13. The first-order chi connectivity index (χ1) is 38.2. The second-order valence-electron chi connectivity index (χ2n) is 21.0. The van der Waals surface area contributed by atoms with Gasteiger partial charge in [0.15, 0.2) is 5.54 Å². The summed E-state index contributed by atoms with van der Waals surface area (Å²) in [7, 11) is -15.2. The second-order valence-corrected chi connectivity index (χ2v) is 26.9. The summed E-state index contributed by atoms with van der Waals surface area (Å²) in [6, 6.07) is 8.19. The molecule has 82 heavy (non-hydrogen) atoms. The van der Waals surface area contributed by atoms with Crippen LogP contribution in [0.25, 0.3) is 16.7 Å². The van der Waals surface area contributed by atoms with Gasteiger partial charge >= 0.3 is 29.2 Å². The van der Waals surface area contributed by atoms with E-state index in [-0.39, 0.29) is 86.6 Å². The molecule has 0 bridgehead atoms. The van der Waals surface area contributed by atoms with Crippen LogP contribution in [0, 0.1) is 11.8 Å². The van der Waals surface area contributed by atoms with Crippen molar-refractivity contribution in [1.29, 1.82) is 0 Å². The standard InChI is InChI=1S/C53H59Cl4N6O16P3/c1-10-62-36-22-38-34(20-32(36)28(3)24-52(62,5)6)42(35-21-33-29(4)25-53(7,8)63(11-2)37(33)23-39(35)77-38)43-44(46(55)48(57)47(56)45(43)54)50(66)60(9)19-13-15-40(64)58-18-12-14-30-26-61(51(67)59-49(30)65)41-17-16-31(76-41)27-75-81(71,72)79-82(73,74)78-80(68,69)70/h20-26,31,41H,10-11,13,15-19,27H2,1-9H3,(H5-,58,59,64,65,67,68,69,70,71,72,73,74)/p+1/t31-,41+/m0/s1. The van der Waals surface area contributed by atoms with Crippen LogP contribution >= 0.6 is 69.9 Å². The van der Waals surface area contributed by atoms with Crippen molar-refractivity contribution in [1.82, 2.24) is 24.3 Å². The summed E-state index contributed by atoms with van der Waals surface area (Å²) in [5, 5.41) is 3.98. The molecule has 0 aliphatic carbocycles. The molecule has 22 nitrogen and oxygen atoms in total. The van der Waals surface area contributed by atoms with Gasteiger partial charge in [-0.2, -0.15) is 8.62 Å². The van der Waals surface area contributed by atoms with Crippen molar-refractivity contribution in [3.05, 3.63) is 127 Å². The number of rotatable bonds is 17. The number of ether oxygens (including phenoxy) is 2. The average Bonchev–Trinajstić information content (AvgIpc) is 1.19. The predicted octanol–water partition coefficient (Wildman–Crippen LogP) is 8.27. The number of fused-ring (bicyclic) bond motifs is 4. The number of carbonyl (C=O) groups is 2. The highest BCUT2D eigenvalue weighted by Crippen LogP contribution is 2.66. The van der Waals surface area contributed by atoms with E-state index >= 15 is 4.79 Å². The van der Waals surface area contributed by atoms with Gasteiger partial charge in [-0.1, -0.05) is 64.3 Å². The fourth-order valence-corrected chi connectivity index (χ4v) is 15.0. The molecule has 0 saturated carbocycles. The molecule has 1 aromatic heterocycles. The van der Waals surface area contributed by atoms with E-state index in [0.717, 1.165) is 44.1 Å². The van der Waals surface area contributed by atoms with E-state index in [9.17, 15) is 37.9 Å². The Bertz CT molecular complexity index is 3900. The maximum atomic E-state index is 15.0. The third-order valence-electron chi connectivity index (χ3n) is 14.3. The minimum absolute atomic E-state index is 0.000335. The van der Waals surface area contributed by atoms with Crippen LogP contribution in [0.2, 0.25) is 20.1 Å². The molecule has 29 heteroatoms. The van der Waals surface area contributed by atoms with Crippen molar-refractivity contribution < 1.29 is 65.5 Å². The van der Waals surface area contributed by atoms with Crippen molar-refractivity contribution in [2.24, 2.45) is 0 Å². The van der Waals surface area contributed by atoms with E-state index in [0.29, 0.717) is 40.9 Å². The Kier molecular flexibility index (Phi) is 18.4. The number of likely N-dealkylation sites (N-methyl/N-ethyl adjacent to an activating group) is 2. The highest BCUT2D eigenvalue weighted by Gasteiger charge is 2.43. The molecule has 8 rings (SSSR count). The maximum Gasteiger partial charge on any atom is 0.490 e. The number of anilines is 1. The van der Waals surface area contributed by atoms with Gasteiger partial charge < -0.3 is 44.2 Å². The Morgan fingerprint density at radius 1 is 0.890 bits per heavy atom. The second kappa shape index (κ2) is 23.9. The molecule has 0 spiro atoms. The number of allylic oxidation sites excluding steroid dienone is 2. The first-order valence-corrected chi connectivity index (χ1v) is 31.7. The lowest BCUT2D eigenvalue weighted by molar-refractivity contribution is -0.121. The van der Waals surface area contributed by atoms with Crippen LogP contribution in [0.4, 0.5) is 5.69 Å². The molecule has 3 aromatic carbocycles. The van der Waals surface area contributed by atoms with Gasteiger partial charge in [0.05, 0.1) is 56.5 Å². The molecule has 4 aliphatic heterocycles.